The minimum absolute atomic E-state index is 0.105. The third-order valence-electron chi connectivity index (χ3n) is 2.78. The molecule has 0 aliphatic carbocycles. The summed E-state index contributed by atoms with van der Waals surface area (Å²) in [5, 5.41) is 3.47. The zero-order chi connectivity index (χ0) is 12.5. The first-order chi connectivity index (χ1) is 8.26. The minimum Gasteiger partial charge on any atom is -0.356 e. The van der Waals surface area contributed by atoms with Crippen molar-refractivity contribution in [3.05, 3.63) is 35.9 Å². The maximum absolute atomic E-state index is 5.14. The molecular weight excluding hydrogens is 214 g/mol. The third-order valence-corrected chi connectivity index (χ3v) is 2.78. The number of hydrogen-bond donors (Lipinski definition) is 1. The Kier molecular flexibility index (Phi) is 6.86. The Morgan fingerprint density at radius 2 is 1.76 bits per heavy atom. The second-order valence-electron chi connectivity index (χ2n) is 4.23. The van der Waals surface area contributed by atoms with Gasteiger partial charge in [-0.3, -0.25) is 0 Å². The van der Waals surface area contributed by atoms with Gasteiger partial charge in [-0.2, -0.15) is 0 Å². The summed E-state index contributed by atoms with van der Waals surface area (Å²) >= 11 is 0. The molecule has 3 nitrogen and oxygen atoms in total. The molecule has 0 aliphatic heterocycles. The summed E-state index contributed by atoms with van der Waals surface area (Å²) in [7, 11) is 3.34. The fourth-order valence-corrected chi connectivity index (χ4v) is 1.82. The van der Waals surface area contributed by atoms with Crippen molar-refractivity contribution in [3.8, 4) is 0 Å². The Morgan fingerprint density at radius 3 is 2.35 bits per heavy atom. The van der Waals surface area contributed by atoms with Crippen LogP contribution >= 0.6 is 0 Å². The van der Waals surface area contributed by atoms with E-state index in [9.17, 15) is 0 Å². The highest BCUT2D eigenvalue weighted by atomic mass is 16.7. The molecule has 0 fully saturated rings. The summed E-state index contributed by atoms with van der Waals surface area (Å²) in [6.07, 6.45) is 1.81. The molecule has 0 aliphatic rings. The number of methoxy groups -OCH3 is 2. The summed E-state index contributed by atoms with van der Waals surface area (Å²) in [6.45, 7) is 3.10. The van der Waals surface area contributed by atoms with E-state index in [2.05, 4.69) is 36.5 Å². The molecule has 17 heavy (non-hydrogen) atoms. The highest BCUT2D eigenvalue weighted by Crippen LogP contribution is 2.03. The number of ether oxygens (including phenoxy) is 2. The van der Waals surface area contributed by atoms with E-state index < -0.39 is 0 Å². The standard InChI is InChI=1S/C14H23NO2/c1-12(11-13-7-5-4-6-8-13)15-10-9-14(16-2)17-3/h4-8,12,14-15H,9-11H2,1-3H3. The van der Waals surface area contributed by atoms with Gasteiger partial charge in [0.25, 0.3) is 0 Å². The highest BCUT2D eigenvalue weighted by molar-refractivity contribution is 5.15. The number of hydrogen-bond acceptors (Lipinski definition) is 3. The lowest BCUT2D eigenvalue weighted by Gasteiger charge is -2.17. The molecule has 1 aromatic carbocycles. The molecule has 0 radical (unpaired) electrons. The lowest BCUT2D eigenvalue weighted by molar-refractivity contribution is -0.105. The zero-order valence-corrected chi connectivity index (χ0v) is 11.0. The van der Waals surface area contributed by atoms with E-state index in [0.717, 1.165) is 19.4 Å². The molecule has 0 amide bonds. The number of nitrogens with one attached hydrogen (secondary N) is 1. The first-order valence-electron chi connectivity index (χ1n) is 6.09. The molecule has 96 valence electrons. The van der Waals surface area contributed by atoms with E-state index in [1.807, 2.05) is 6.07 Å². The lowest BCUT2D eigenvalue weighted by Crippen LogP contribution is -2.31. The zero-order valence-electron chi connectivity index (χ0n) is 11.0. The summed E-state index contributed by atoms with van der Waals surface area (Å²) < 4.78 is 10.3. The fourth-order valence-electron chi connectivity index (χ4n) is 1.82. The second-order valence-corrected chi connectivity index (χ2v) is 4.23. The van der Waals surface area contributed by atoms with Crippen molar-refractivity contribution in [1.29, 1.82) is 0 Å². The van der Waals surface area contributed by atoms with Gasteiger partial charge in [-0.25, -0.2) is 0 Å². The van der Waals surface area contributed by atoms with Gasteiger partial charge in [0, 0.05) is 33.2 Å². The first kappa shape index (κ1) is 14.2. The lowest BCUT2D eigenvalue weighted by atomic mass is 10.1. The Bertz CT molecular complexity index is 286. The maximum Gasteiger partial charge on any atom is 0.158 e. The molecule has 0 bridgehead atoms. The van der Waals surface area contributed by atoms with Crippen LogP contribution in [0.15, 0.2) is 30.3 Å². The molecule has 1 aromatic rings. The number of rotatable bonds is 8. The van der Waals surface area contributed by atoms with Crippen LogP contribution in [-0.4, -0.2) is 33.1 Å². The monoisotopic (exact) mass is 237 g/mol. The van der Waals surface area contributed by atoms with Gasteiger partial charge in [-0.05, 0) is 18.9 Å². The van der Waals surface area contributed by atoms with Crippen molar-refractivity contribution in [1.82, 2.24) is 5.32 Å². The van der Waals surface area contributed by atoms with Crippen molar-refractivity contribution in [2.24, 2.45) is 0 Å². The molecule has 1 rings (SSSR count). The van der Waals surface area contributed by atoms with Crippen LogP contribution < -0.4 is 5.32 Å². The molecule has 1 atom stereocenters. The number of benzene rings is 1. The van der Waals surface area contributed by atoms with E-state index >= 15 is 0 Å². The summed E-state index contributed by atoms with van der Waals surface area (Å²) in [4.78, 5) is 0. The van der Waals surface area contributed by atoms with Crippen molar-refractivity contribution in [2.75, 3.05) is 20.8 Å². The molecule has 0 spiro atoms. The van der Waals surface area contributed by atoms with Gasteiger partial charge in [0.15, 0.2) is 6.29 Å². The van der Waals surface area contributed by atoms with Gasteiger partial charge in [-0.15, -0.1) is 0 Å². The fraction of sp³-hybridized carbons (Fsp3) is 0.571. The van der Waals surface area contributed by atoms with Gasteiger partial charge < -0.3 is 14.8 Å². The smallest absolute Gasteiger partial charge is 0.158 e. The van der Waals surface area contributed by atoms with Crippen molar-refractivity contribution in [2.45, 2.75) is 32.1 Å². The minimum atomic E-state index is -0.105. The van der Waals surface area contributed by atoms with Crippen molar-refractivity contribution in [3.63, 3.8) is 0 Å². The first-order valence-corrected chi connectivity index (χ1v) is 6.09. The molecular formula is C14H23NO2. The van der Waals surface area contributed by atoms with Crippen LogP contribution in [0.1, 0.15) is 18.9 Å². The van der Waals surface area contributed by atoms with Crippen LogP contribution in [-0.2, 0) is 15.9 Å². The van der Waals surface area contributed by atoms with Gasteiger partial charge >= 0.3 is 0 Å². The van der Waals surface area contributed by atoms with Crippen molar-refractivity contribution >= 4 is 0 Å². The van der Waals surface area contributed by atoms with Crippen LogP contribution in [0.4, 0.5) is 0 Å². The SMILES string of the molecule is COC(CCNC(C)Cc1ccccc1)OC. The van der Waals surface area contributed by atoms with Gasteiger partial charge in [0.05, 0.1) is 0 Å². The van der Waals surface area contributed by atoms with Gasteiger partial charge in [0.2, 0.25) is 0 Å². The van der Waals surface area contributed by atoms with Crippen LogP contribution in [0.3, 0.4) is 0 Å². The molecule has 0 heterocycles. The Hall–Kier alpha value is -0.900. The van der Waals surface area contributed by atoms with E-state index in [1.165, 1.54) is 5.56 Å². The quantitative estimate of drug-likeness (QED) is 0.703. The normalized spacial score (nSPS) is 12.9. The van der Waals surface area contributed by atoms with E-state index in [0.29, 0.717) is 6.04 Å². The summed E-state index contributed by atoms with van der Waals surface area (Å²) in [5.74, 6) is 0. The van der Waals surface area contributed by atoms with Gasteiger partial charge in [-0.1, -0.05) is 30.3 Å². The maximum atomic E-state index is 5.14. The Morgan fingerprint density at radius 1 is 1.12 bits per heavy atom. The largest absolute Gasteiger partial charge is 0.356 e. The van der Waals surface area contributed by atoms with E-state index in [-0.39, 0.29) is 6.29 Å². The van der Waals surface area contributed by atoms with Gasteiger partial charge in [0.1, 0.15) is 0 Å². The Balaban J connectivity index is 2.19. The van der Waals surface area contributed by atoms with E-state index in [1.54, 1.807) is 14.2 Å². The van der Waals surface area contributed by atoms with E-state index in [4.69, 9.17) is 9.47 Å². The predicted molar refractivity (Wildman–Crippen MR) is 70.0 cm³/mol. The summed E-state index contributed by atoms with van der Waals surface area (Å²) in [6, 6.07) is 11.0. The Labute approximate surface area is 104 Å². The average molecular weight is 237 g/mol. The molecule has 3 heteroatoms. The summed E-state index contributed by atoms with van der Waals surface area (Å²) in [5.41, 5.74) is 1.36. The van der Waals surface area contributed by atoms with Crippen LogP contribution in [0.2, 0.25) is 0 Å². The second kappa shape index (κ2) is 8.23. The molecule has 0 saturated carbocycles. The topological polar surface area (TPSA) is 30.5 Å². The van der Waals surface area contributed by atoms with Crippen LogP contribution in [0, 0.1) is 0 Å². The third kappa shape index (κ3) is 5.82. The highest BCUT2D eigenvalue weighted by Gasteiger charge is 2.06. The molecule has 0 saturated heterocycles. The molecule has 1 unspecified atom stereocenters. The predicted octanol–water partition coefficient (Wildman–Crippen LogP) is 2.22. The van der Waals surface area contributed by atoms with Crippen molar-refractivity contribution < 1.29 is 9.47 Å². The van der Waals surface area contributed by atoms with Crippen LogP contribution in [0.25, 0.3) is 0 Å². The van der Waals surface area contributed by atoms with Crippen LogP contribution in [0.5, 0.6) is 0 Å². The molecule has 0 aromatic heterocycles. The average Bonchev–Trinajstić information content (AvgIpc) is 2.36. The molecule has 1 N–H and O–H groups in total.